The van der Waals surface area contributed by atoms with Crippen LogP contribution in [0.25, 0.3) is 0 Å². The molecule has 1 aromatic heterocycles. The summed E-state index contributed by atoms with van der Waals surface area (Å²) in [6, 6.07) is 12.1. The number of thioether (sulfide) groups is 1. The minimum absolute atomic E-state index is 0.0913. The minimum Gasteiger partial charge on any atom is -0.342 e. The van der Waals surface area contributed by atoms with E-state index < -0.39 is 0 Å². The van der Waals surface area contributed by atoms with E-state index in [0.29, 0.717) is 16.8 Å². The summed E-state index contributed by atoms with van der Waals surface area (Å²) in [5, 5.41) is 0.343. The molecule has 0 N–H and O–H groups in total. The molecule has 0 spiro atoms. The van der Waals surface area contributed by atoms with E-state index in [1.165, 1.54) is 28.0 Å². The highest BCUT2D eigenvalue weighted by molar-refractivity contribution is 8.00. The van der Waals surface area contributed by atoms with Gasteiger partial charge in [-0.3, -0.25) is 14.2 Å². The van der Waals surface area contributed by atoms with Crippen molar-refractivity contribution < 1.29 is 4.79 Å². The molecule has 0 saturated carbocycles. The predicted octanol–water partition coefficient (Wildman–Crippen LogP) is 3.05. The van der Waals surface area contributed by atoms with Gasteiger partial charge >= 0.3 is 0 Å². The SMILES string of the molecule is Cc1cc(=O)n(C)c(SC(C)C(=O)N2CCC(Cc3ccccc3)CC2)n1. The molecular formula is C21H27N3O2S. The van der Waals surface area contributed by atoms with Crippen molar-refractivity contribution in [2.75, 3.05) is 13.1 Å². The normalized spacial score (nSPS) is 16.3. The molecule has 0 aliphatic carbocycles. The van der Waals surface area contributed by atoms with Gasteiger partial charge in [0, 0.05) is 31.9 Å². The number of benzene rings is 1. The Morgan fingerprint density at radius 1 is 1.26 bits per heavy atom. The lowest BCUT2D eigenvalue weighted by Gasteiger charge is -2.33. The van der Waals surface area contributed by atoms with Gasteiger partial charge in [-0.2, -0.15) is 0 Å². The Balaban J connectivity index is 1.55. The largest absolute Gasteiger partial charge is 0.342 e. The number of piperidine rings is 1. The quantitative estimate of drug-likeness (QED) is 0.586. The maximum absolute atomic E-state index is 12.8. The number of likely N-dealkylation sites (tertiary alicyclic amines) is 1. The second kappa shape index (κ2) is 8.74. The second-order valence-electron chi connectivity index (χ2n) is 7.30. The zero-order valence-electron chi connectivity index (χ0n) is 16.2. The third kappa shape index (κ3) is 5.01. The number of aryl methyl sites for hydroxylation is 1. The minimum atomic E-state index is -0.254. The van der Waals surface area contributed by atoms with Crippen molar-refractivity contribution in [2.24, 2.45) is 13.0 Å². The molecule has 1 aromatic carbocycles. The van der Waals surface area contributed by atoms with E-state index in [4.69, 9.17) is 0 Å². The molecule has 5 nitrogen and oxygen atoms in total. The first-order valence-electron chi connectivity index (χ1n) is 9.48. The number of carbonyl (C=O) groups excluding carboxylic acids is 1. The van der Waals surface area contributed by atoms with Gasteiger partial charge < -0.3 is 4.90 Å². The van der Waals surface area contributed by atoms with Crippen LogP contribution in [0.5, 0.6) is 0 Å². The summed E-state index contributed by atoms with van der Waals surface area (Å²) in [4.78, 5) is 31.1. The maximum Gasteiger partial charge on any atom is 0.254 e. The van der Waals surface area contributed by atoms with Crippen LogP contribution in [0.1, 0.15) is 31.0 Å². The Hall–Kier alpha value is -2.08. The highest BCUT2D eigenvalue weighted by atomic mass is 32.2. The lowest BCUT2D eigenvalue weighted by atomic mass is 9.90. The van der Waals surface area contributed by atoms with Crippen LogP contribution in [0.3, 0.4) is 0 Å². The average molecular weight is 386 g/mol. The Bertz CT molecular complexity index is 842. The number of hydrogen-bond donors (Lipinski definition) is 0. The monoisotopic (exact) mass is 385 g/mol. The molecule has 1 aliphatic rings. The van der Waals surface area contributed by atoms with Crippen molar-refractivity contribution in [3.63, 3.8) is 0 Å². The standard InChI is InChI=1S/C21H27N3O2S/c1-15-13-19(25)23(3)21(22-15)27-16(2)20(26)24-11-9-18(10-12-24)14-17-7-5-4-6-8-17/h4-8,13,16,18H,9-12,14H2,1-3H3. The highest BCUT2D eigenvalue weighted by Crippen LogP contribution is 2.26. The molecule has 1 aliphatic heterocycles. The number of nitrogens with zero attached hydrogens (tertiary/aromatic N) is 3. The average Bonchev–Trinajstić information content (AvgIpc) is 2.66. The molecule has 3 rings (SSSR count). The zero-order valence-corrected chi connectivity index (χ0v) is 17.0. The van der Waals surface area contributed by atoms with Crippen LogP contribution in [0.15, 0.2) is 46.3 Å². The summed E-state index contributed by atoms with van der Waals surface area (Å²) in [7, 11) is 1.70. The van der Waals surface area contributed by atoms with Crippen LogP contribution in [0.4, 0.5) is 0 Å². The molecule has 1 atom stereocenters. The molecule has 27 heavy (non-hydrogen) atoms. The smallest absolute Gasteiger partial charge is 0.254 e. The van der Waals surface area contributed by atoms with Crippen molar-refractivity contribution in [2.45, 2.75) is 43.5 Å². The van der Waals surface area contributed by atoms with Crippen LogP contribution in [0.2, 0.25) is 0 Å². The lowest BCUT2D eigenvalue weighted by Crippen LogP contribution is -2.42. The number of amides is 1. The molecule has 6 heteroatoms. The van der Waals surface area contributed by atoms with Crippen LogP contribution in [-0.2, 0) is 18.3 Å². The van der Waals surface area contributed by atoms with E-state index in [9.17, 15) is 9.59 Å². The van der Waals surface area contributed by atoms with Gasteiger partial charge in [0.25, 0.3) is 5.56 Å². The van der Waals surface area contributed by atoms with Crippen LogP contribution in [0, 0.1) is 12.8 Å². The molecule has 1 fully saturated rings. The third-order valence-electron chi connectivity index (χ3n) is 5.15. The van der Waals surface area contributed by atoms with Crippen molar-refractivity contribution in [1.29, 1.82) is 0 Å². The summed E-state index contributed by atoms with van der Waals surface area (Å²) < 4.78 is 1.51. The van der Waals surface area contributed by atoms with E-state index in [1.807, 2.05) is 17.9 Å². The number of aromatic nitrogens is 2. The highest BCUT2D eigenvalue weighted by Gasteiger charge is 2.27. The predicted molar refractivity (Wildman–Crippen MR) is 109 cm³/mol. The third-order valence-corrected chi connectivity index (χ3v) is 6.28. The molecule has 1 amide bonds. The molecular weight excluding hydrogens is 358 g/mol. The maximum atomic E-state index is 12.8. The van der Waals surface area contributed by atoms with Gasteiger partial charge in [0.1, 0.15) is 0 Å². The fraction of sp³-hybridized carbons (Fsp3) is 0.476. The lowest BCUT2D eigenvalue weighted by molar-refractivity contribution is -0.131. The van der Waals surface area contributed by atoms with Gasteiger partial charge in [0.2, 0.25) is 5.91 Å². The van der Waals surface area contributed by atoms with Gasteiger partial charge in [-0.25, -0.2) is 4.98 Å². The van der Waals surface area contributed by atoms with Crippen molar-refractivity contribution in [3.05, 3.63) is 58.0 Å². The molecule has 1 saturated heterocycles. The van der Waals surface area contributed by atoms with Crippen LogP contribution < -0.4 is 5.56 Å². The zero-order chi connectivity index (χ0) is 19.4. The van der Waals surface area contributed by atoms with E-state index >= 15 is 0 Å². The Labute approximate surface area is 164 Å². The van der Waals surface area contributed by atoms with Gasteiger partial charge in [-0.15, -0.1) is 0 Å². The number of hydrogen-bond acceptors (Lipinski definition) is 4. The molecule has 2 heterocycles. The van der Waals surface area contributed by atoms with Gasteiger partial charge in [0.15, 0.2) is 5.16 Å². The van der Waals surface area contributed by atoms with Gasteiger partial charge in [-0.1, -0.05) is 42.1 Å². The number of carbonyl (C=O) groups is 1. The topological polar surface area (TPSA) is 55.2 Å². The number of rotatable bonds is 5. The molecule has 144 valence electrons. The summed E-state index contributed by atoms with van der Waals surface area (Å²) >= 11 is 1.36. The van der Waals surface area contributed by atoms with E-state index in [-0.39, 0.29) is 16.7 Å². The summed E-state index contributed by atoms with van der Waals surface area (Å²) in [5.74, 6) is 0.771. The fourth-order valence-electron chi connectivity index (χ4n) is 3.50. The van der Waals surface area contributed by atoms with E-state index in [2.05, 4.69) is 29.2 Å². The van der Waals surface area contributed by atoms with Crippen LogP contribution >= 0.6 is 11.8 Å². The van der Waals surface area contributed by atoms with E-state index in [0.717, 1.165) is 32.4 Å². The van der Waals surface area contributed by atoms with Crippen LogP contribution in [-0.4, -0.2) is 38.7 Å². The van der Waals surface area contributed by atoms with Gasteiger partial charge in [-0.05, 0) is 44.6 Å². The van der Waals surface area contributed by atoms with Crippen molar-refractivity contribution in [1.82, 2.24) is 14.5 Å². The Morgan fingerprint density at radius 2 is 1.93 bits per heavy atom. The van der Waals surface area contributed by atoms with Crippen molar-refractivity contribution in [3.8, 4) is 0 Å². The van der Waals surface area contributed by atoms with Crippen molar-refractivity contribution >= 4 is 17.7 Å². The second-order valence-corrected chi connectivity index (χ2v) is 8.60. The molecule has 1 unspecified atom stereocenters. The summed E-state index contributed by atoms with van der Waals surface area (Å²) in [6.07, 6.45) is 3.17. The molecule has 0 radical (unpaired) electrons. The summed E-state index contributed by atoms with van der Waals surface area (Å²) in [5.41, 5.74) is 1.96. The fourth-order valence-corrected chi connectivity index (χ4v) is 4.51. The molecule has 2 aromatic rings. The van der Waals surface area contributed by atoms with E-state index in [1.54, 1.807) is 14.0 Å². The first kappa shape index (κ1) is 19.7. The first-order valence-corrected chi connectivity index (χ1v) is 10.4. The van der Waals surface area contributed by atoms with Gasteiger partial charge in [0.05, 0.1) is 5.25 Å². The Morgan fingerprint density at radius 3 is 2.59 bits per heavy atom. The Kier molecular flexibility index (Phi) is 6.37. The molecule has 0 bridgehead atoms. The first-order chi connectivity index (χ1) is 12.9. The summed E-state index contributed by atoms with van der Waals surface area (Å²) in [6.45, 7) is 5.32.